The average Bonchev–Trinajstić information content (AvgIpc) is 3.07. The van der Waals surface area contributed by atoms with Crippen LogP contribution in [0.2, 0.25) is 0 Å². The predicted octanol–water partition coefficient (Wildman–Crippen LogP) is 1.79. The largest absolute Gasteiger partial charge is 0.468 e. The Morgan fingerprint density at radius 3 is 2.37 bits per heavy atom. The van der Waals surface area contributed by atoms with Crippen molar-refractivity contribution in [1.82, 2.24) is 10.2 Å². The van der Waals surface area contributed by atoms with Crippen LogP contribution in [-0.4, -0.2) is 49.2 Å². The first-order chi connectivity index (χ1) is 8.99. The molecule has 2 aliphatic carbocycles. The number of esters is 1. The second-order valence-corrected chi connectivity index (χ2v) is 6.54. The van der Waals surface area contributed by atoms with Gasteiger partial charge in [0.05, 0.1) is 7.11 Å². The summed E-state index contributed by atoms with van der Waals surface area (Å²) in [5, 5.41) is 3.52. The van der Waals surface area contributed by atoms with Gasteiger partial charge in [0.1, 0.15) is 5.54 Å². The monoisotopic (exact) mass is 268 g/mol. The maximum Gasteiger partial charge on any atom is 0.327 e. The molecule has 2 saturated carbocycles. The Kier molecular flexibility index (Phi) is 4.51. The fourth-order valence-corrected chi connectivity index (χ4v) is 3.21. The van der Waals surface area contributed by atoms with Crippen LogP contribution < -0.4 is 5.32 Å². The first-order valence-electron chi connectivity index (χ1n) is 7.56. The number of carbonyl (C=O) groups excluding carboxylic acids is 1. The van der Waals surface area contributed by atoms with E-state index in [0.29, 0.717) is 12.0 Å². The van der Waals surface area contributed by atoms with E-state index in [2.05, 4.69) is 31.1 Å². The van der Waals surface area contributed by atoms with E-state index in [1.165, 1.54) is 26.4 Å². The zero-order valence-corrected chi connectivity index (χ0v) is 12.7. The lowest BCUT2D eigenvalue weighted by atomic mass is 9.87. The van der Waals surface area contributed by atoms with Crippen LogP contribution in [0.5, 0.6) is 0 Å². The number of rotatable bonds is 7. The molecule has 0 heterocycles. The minimum atomic E-state index is -0.507. The second kappa shape index (κ2) is 5.80. The third-order valence-electron chi connectivity index (χ3n) is 4.57. The van der Waals surface area contributed by atoms with Crippen molar-refractivity contribution in [3.63, 3.8) is 0 Å². The van der Waals surface area contributed by atoms with Gasteiger partial charge in [-0.1, -0.05) is 6.42 Å². The minimum Gasteiger partial charge on any atom is -0.468 e. The van der Waals surface area contributed by atoms with Crippen molar-refractivity contribution in [2.75, 3.05) is 20.7 Å². The number of likely N-dealkylation sites (N-methyl/N-ethyl adjacent to an activating group) is 1. The van der Waals surface area contributed by atoms with E-state index >= 15 is 0 Å². The Bertz CT molecular complexity index is 324. The number of nitrogens with zero attached hydrogens (tertiary/aromatic N) is 1. The van der Waals surface area contributed by atoms with E-state index in [1.54, 1.807) is 0 Å². The molecule has 1 N–H and O–H groups in total. The zero-order chi connectivity index (χ0) is 14.0. The van der Waals surface area contributed by atoms with Gasteiger partial charge >= 0.3 is 5.97 Å². The molecule has 0 aromatic carbocycles. The van der Waals surface area contributed by atoms with Crippen molar-refractivity contribution < 1.29 is 9.53 Å². The van der Waals surface area contributed by atoms with Gasteiger partial charge < -0.3 is 9.64 Å². The van der Waals surface area contributed by atoms with Crippen LogP contribution in [0.25, 0.3) is 0 Å². The summed E-state index contributed by atoms with van der Waals surface area (Å²) < 4.78 is 5.12. The molecule has 2 fully saturated rings. The van der Waals surface area contributed by atoms with Crippen LogP contribution in [0, 0.1) is 5.92 Å². The molecule has 2 rings (SSSR count). The lowest BCUT2D eigenvalue weighted by molar-refractivity contribution is -0.151. The summed E-state index contributed by atoms with van der Waals surface area (Å²) in [5.74, 6) is 0.347. The number of nitrogens with one attached hydrogen (secondary N) is 1. The Balaban J connectivity index is 2.12. The van der Waals surface area contributed by atoms with Gasteiger partial charge in [-0.25, -0.2) is 4.79 Å². The molecule has 0 aliphatic heterocycles. The van der Waals surface area contributed by atoms with Crippen LogP contribution in [-0.2, 0) is 9.53 Å². The highest BCUT2D eigenvalue weighted by Crippen LogP contribution is 2.42. The van der Waals surface area contributed by atoms with Crippen molar-refractivity contribution >= 4 is 5.97 Å². The van der Waals surface area contributed by atoms with E-state index in [4.69, 9.17) is 4.74 Å². The molecule has 4 nitrogen and oxygen atoms in total. The lowest BCUT2D eigenvalue weighted by Gasteiger charge is -2.42. The molecular weight excluding hydrogens is 240 g/mol. The molecule has 0 bridgehead atoms. The molecule has 2 aliphatic rings. The third kappa shape index (κ3) is 3.11. The van der Waals surface area contributed by atoms with Gasteiger partial charge in [-0.3, -0.25) is 5.32 Å². The van der Waals surface area contributed by atoms with Crippen molar-refractivity contribution in [1.29, 1.82) is 0 Å². The normalized spacial score (nSPS) is 23.3. The lowest BCUT2D eigenvalue weighted by Crippen LogP contribution is -2.63. The van der Waals surface area contributed by atoms with Gasteiger partial charge in [-0.2, -0.15) is 0 Å². The maximum atomic E-state index is 12.4. The first-order valence-corrected chi connectivity index (χ1v) is 7.56. The molecule has 0 aromatic rings. The number of ether oxygens (including phenoxy) is 1. The van der Waals surface area contributed by atoms with E-state index in [0.717, 1.165) is 19.4 Å². The summed E-state index contributed by atoms with van der Waals surface area (Å²) in [6.45, 7) is 4.97. The number of hydrogen-bond donors (Lipinski definition) is 1. The average molecular weight is 268 g/mol. The Morgan fingerprint density at radius 1 is 1.37 bits per heavy atom. The number of carbonyl (C=O) groups is 1. The summed E-state index contributed by atoms with van der Waals surface area (Å²) in [7, 11) is 3.65. The van der Waals surface area contributed by atoms with Crippen molar-refractivity contribution in [2.24, 2.45) is 5.92 Å². The standard InChI is InChI=1S/C15H28N2O2/c1-11(2)16-15(12-8-9-12,14(18)19-4)10-17(3)13-6-5-7-13/h11-13,16H,5-10H2,1-4H3. The van der Waals surface area contributed by atoms with Crippen molar-refractivity contribution in [2.45, 2.75) is 63.6 Å². The Morgan fingerprint density at radius 2 is 2.00 bits per heavy atom. The SMILES string of the molecule is COC(=O)C(CN(C)C1CCC1)(NC(C)C)C1CC1. The molecule has 1 unspecified atom stereocenters. The number of methoxy groups -OCH3 is 1. The zero-order valence-electron chi connectivity index (χ0n) is 12.7. The highest BCUT2D eigenvalue weighted by atomic mass is 16.5. The quantitative estimate of drug-likeness (QED) is 0.715. The van der Waals surface area contributed by atoms with Crippen LogP contribution in [0.1, 0.15) is 46.0 Å². The molecule has 0 amide bonds. The van der Waals surface area contributed by atoms with Gasteiger partial charge in [-0.05, 0) is 52.5 Å². The van der Waals surface area contributed by atoms with Crippen molar-refractivity contribution in [3.8, 4) is 0 Å². The van der Waals surface area contributed by atoms with E-state index < -0.39 is 5.54 Å². The molecule has 0 spiro atoms. The Labute approximate surface area is 116 Å². The van der Waals surface area contributed by atoms with E-state index in [-0.39, 0.29) is 12.0 Å². The molecule has 0 radical (unpaired) electrons. The van der Waals surface area contributed by atoms with Gasteiger partial charge in [0, 0.05) is 18.6 Å². The highest BCUT2D eigenvalue weighted by molar-refractivity contribution is 5.82. The molecule has 4 heteroatoms. The summed E-state index contributed by atoms with van der Waals surface area (Å²) in [6.07, 6.45) is 6.11. The number of hydrogen-bond acceptors (Lipinski definition) is 4. The summed E-state index contributed by atoms with van der Waals surface area (Å²) in [5.41, 5.74) is -0.507. The van der Waals surface area contributed by atoms with Gasteiger partial charge in [-0.15, -0.1) is 0 Å². The fourth-order valence-electron chi connectivity index (χ4n) is 3.21. The Hall–Kier alpha value is -0.610. The molecule has 110 valence electrons. The molecule has 0 aromatic heterocycles. The fraction of sp³-hybridized carbons (Fsp3) is 0.933. The predicted molar refractivity (Wildman–Crippen MR) is 76.0 cm³/mol. The summed E-state index contributed by atoms with van der Waals surface area (Å²) >= 11 is 0. The highest BCUT2D eigenvalue weighted by Gasteiger charge is 2.53. The smallest absolute Gasteiger partial charge is 0.327 e. The second-order valence-electron chi connectivity index (χ2n) is 6.54. The van der Waals surface area contributed by atoms with Crippen LogP contribution >= 0.6 is 0 Å². The molecule has 0 saturated heterocycles. The molecular formula is C15H28N2O2. The third-order valence-corrected chi connectivity index (χ3v) is 4.57. The van der Waals surface area contributed by atoms with Crippen LogP contribution in [0.15, 0.2) is 0 Å². The first kappa shape index (κ1) is 14.8. The van der Waals surface area contributed by atoms with Crippen molar-refractivity contribution in [3.05, 3.63) is 0 Å². The molecule has 19 heavy (non-hydrogen) atoms. The van der Waals surface area contributed by atoms with Gasteiger partial charge in [0.15, 0.2) is 0 Å². The van der Waals surface area contributed by atoms with E-state index in [1.807, 2.05) is 0 Å². The maximum absolute atomic E-state index is 12.4. The summed E-state index contributed by atoms with van der Waals surface area (Å²) in [6, 6.07) is 0.936. The van der Waals surface area contributed by atoms with Gasteiger partial charge in [0.2, 0.25) is 0 Å². The van der Waals surface area contributed by atoms with Gasteiger partial charge in [0.25, 0.3) is 0 Å². The summed E-state index contributed by atoms with van der Waals surface area (Å²) in [4.78, 5) is 14.8. The van der Waals surface area contributed by atoms with E-state index in [9.17, 15) is 4.79 Å². The van der Waals surface area contributed by atoms with Crippen LogP contribution in [0.4, 0.5) is 0 Å². The molecule has 1 atom stereocenters. The topological polar surface area (TPSA) is 41.6 Å². The van der Waals surface area contributed by atoms with Crippen LogP contribution in [0.3, 0.4) is 0 Å². The minimum absolute atomic E-state index is 0.0881.